The maximum Gasteiger partial charge on any atom is 0.213 e. The second kappa shape index (κ2) is 6.66. The quantitative estimate of drug-likeness (QED) is 0.388. The van der Waals surface area contributed by atoms with Gasteiger partial charge in [-0.1, -0.05) is 17.7 Å². The number of nitrogens with two attached hydrogens (primary N) is 1. The van der Waals surface area contributed by atoms with Crippen molar-refractivity contribution in [2.24, 2.45) is 5.73 Å². The van der Waals surface area contributed by atoms with E-state index in [1.165, 1.54) is 12.8 Å². The SMILES string of the molecule is Cc1nc2ccc(-c3c[nH]c4nc(N5[C@@H]6CC[C@H]5CC(N)C6)n5ccnc5c34)c(Cl)c2s1. The Hall–Kier alpha value is -2.68. The normalized spacial score (nSPS) is 23.2. The Morgan fingerprint density at radius 2 is 1.97 bits per heavy atom. The highest BCUT2D eigenvalue weighted by Crippen LogP contribution is 2.43. The van der Waals surface area contributed by atoms with Crippen molar-refractivity contribution in [3.8, 4) is 11.1 Å². The maximum absolute atomic E-state index is 6.87. The van der Waals surface area contributed by atoms with Gasteiger partial charge in [-0.3, -0.25) is 4.40 Å². The fraction of sp³-hybridized carbons (Fsp3) is 0.348. The van der Waals surface area contributed by atoms with Crippen LogP contribution in [0, 0.1) is 6.92 Å². The molecule has 2 aliphatic heterocycles. The Kier molecular flexibility index (Phi) is 3.93. The van der Waals surface area contributed by atoms with Crippen molar-refractivity contribution in [2.45, 2.75) is 50.7 Å². The Bertz CT molecular complexity index is 1500. The molecular formula is C23H22ClN7S. The number of imidazole rings is 1. The summed E-state index contributed by atoms with van der Waals surface area (Å²) in [7, 11) is 0. The predicted octanol–water partition coefficient (Wildman–Crippen LogP) is 4.91. The van der Waals surface area contributed by atoms with Crippen LogP contribution >= 0.6 is 22.9 Å². The van der Waals surface area contributed by atoms with Crippen molar-refractivity contribution in [1.82, 2.24) is 24.3 Å². The molecule has 0 amide bonds. The molecule has 162 valence electrons. The van der Waals surface area contributed by atoms with Gasteiger partial charge in [-0.2, -0.15) is 4.98 Å². The van der Waals surface area contributed by atoms with Gasteiger partial charge in [0.05, 0.1) is 25.6 Å². The molecule has 5 aromatic rings. The minimum absolute atomic E-state index is 0.287. The standard InChI is InChI=1S/C23H22ClN7S/c1-11-28-17-5-4-15(19(24)20(17)32-11)16-10-27-21-18(16)22-26-6-7-30(22)23(29-21)31-13-2-3-14(31)9-12(25)8-13/h4-7,10,12-14,27H,2-3,8-9,25H2,1H3/t12?,13-,14+. The smallest absolute Gasteiger partial charge is 0.213 e. The summed E-state index contributed by atoms with van der Waals surface area (Å²) in [5, 5.41) is 2.73. The number of halogens is 1. The Morgan fingerprint density at radius 1 is 1.16 bits per heavy atom. The summed E-state index contributed by atoms with van der Waals surface area (Å²) in [5.74, 6) is 0.956. The van der Waals surface area contributed by atoms with E-state index in [-0.39, 0.29) is 6.04 Å². The van der Waals surface area contributed by atoms with E-state index in [0.717, 1.165) is 66.8 Å². The zero-order chi connectivity index (χ0) is 21.6. The number of rotatable bonds is 2. The van der Waals surface area contributed by atoms with Gasteiger partial charge in [0.1, 0.15) is 5.65 Å². The molecule has 32 heavy (non-hydrogen) atoms. The van der Waals surface area contributed by atoms with Crippen LogP contribution in [0.4, 0.5) is 5.95 Å². The highest BCUT2D eigenvalue weighted by atomic mass is 35.5. The molecular weight excluding hydrogens is 442 g/mol. The van der Waals surface area contributed by atoms with Crippen molar-refractivity contribution in [2.75, 3.05) is 4.90 Å². The van der Waals surface area contributed by atoms with Gasteiger partial charge in [-0.25, -0.2) is 9.97 Å². The number of aromatic nitrogens is 5. The summed E-state index contributed by atoms with van der Waals surface area (Å²) >= 11 is 8.50. The first-order valence-electron chi connectivity index (χ1n) is 11.0. The Labute approximate surface area is 193 Å². The van der Waals surface area contributed by atoms with Crippen LogP contribution in [0.25, 0.3) is 38.0 Å². The van der Waals surface area contributed by atoms with Gasteiger partial charge >= 0.3 is 0 Å². The first kappa shape index (κ1) is 18.8. The molecule has 0 aliphatic carbocycles. The summed E-state index contributed by atoms with van der Waals surface area (Å²) in [5.41, 5.74) is 11.0. The van der Waals surface area contributed by atoms with E-state index in [4.69, 9.17) is 27.3 Å². The molecule has 3 N–H and O–H groups in total. The highest BCUT2D eigenvalue weighted by Gasteiger charge is 2.41. The monoisotopic (exact) mass is 463 g/mol. The number of aromatic amines is 1. The Balaban J connectivity index is 1.44. The average molecular weight is 464 g/mol. The fourth-order valence-corrected chi connectivity index (χ4v) is 6.98. The van der Waals surface area contributed by atoms with E-state index in [2.05, 4.69) is 19.3 Å². The molecule has 1 aromatic carbocycles. The molecule has 4 aromatic heterocycles. The number of nitrogens with zero attached hydrogens (tertiary/aromatic N) is 5. The molecule has 2 fully saturated rings. The van der Waals surface area contributed by atoms with Gasteiger partial charge in [0, 0.05) is 47.8 Å². The lowest BCUT2D eigenvalue weighted by Gasteiger charge is -2.38. The number of piperidine rings is 1. The van der Waals surface area contributed by atoms with Crippen LogP contribution in [0.5, 0.6) is 0 Å². The number of H-pyrrole nitrogens is 1. The first-order valence-corrected chi connectivity index (χ1v) is 12.2. The summed E-state index contributed by atoms with van der Waals surface area (Å²) in [6.45, 7) is 2.01. The van der Waals surface area contributed by atoms with Crippen LogP contribution in [-0.4, -0.2) is 42.5 Å². The van der Waals surface area contributed by atoms with Crippen LogP contribution in [-0.2, 0) is 0 Å². The van der Waals surface area contributed by atoms with E-state index in [1.807, 2.05) is 37.6 Å². The van der Waals surface area contributed by atoms with E-state index in [0.29, 0.717) is 12.1 Å². The molecule has 2 bridgehead atoms. The van der Waals surface area contributed by atoms with Crippen molar-refractivity contribution in [3.05, 3.63) is 40.8 Å². The fourth-order valence-electron chi connectivity index (χ4n) is 5.75. The number of anilines is 1. The predicted molar refractivity (Wildman–Crippen MR) is 130 cm³/mol. The van der Waals surface area contributed by atoms with Crippen molar-refractivity contribution >= 4 is 55.8 Å². The summed E-state index contributed by atoms with van der Waals surface area (Å²) in [6.07, 6.45) is 10.3. The van der Waals surface area contributed by atoms with Crippen LogP contribution in [0.15, 0.2) is 30.7 Å². The van der Waals surface area contributed by atoms with E-state index in [1.54, 1.807) is 11.3 Å². The average Bonchev–Trinajstić information content (AvgIpc) is 3.52. The molecule has 0 radical (unpaired) electrons. The third-order valence-electron chi connectivity index (χ3n) is 7.05. The number of fused-ring (bicyclic) bond motifs is 6. The number of nitrogens with one attached hydrogen (secondary N) is 1. The molecule has 0 spiro atoms. The second-order valence-electron chi connectivity index (χ2n) is 8.99. The summed E-state index contributed by atoms with van der Waals surface area (Å²) in [4.78, 5) is 20.3. The minimum atomic E-state index is 0.287. The molecule has 7 rings (SSSR count). The second-order valence-corrected chi connectivity index (χ2v) is 10.6. The lowest BCUT2D eigenvalue weighted by atomic mass is 9.98. The molecule has 9 heteroatoms. The van der Waals surface area contributed by atoms with Crippen LogP contribution in [0.1, 0.15) is 30.7 Å². The van der Waals surface area contributed by atoms with Crippen molar-refractivity contribution < 1.29 is 0 Å². The topological polar surface area (TPSA) is 88.1 Å². The van der Waals surface area contributed by atoms with Gasteiger partial charge in [-0.05, 0) is 38.7 Å². The van der Waals surface area contributed by atoms with Gasteiger partial charge in [-0.15, -0.1) is 11.3 Å². The first-order chi connectivity index (χ1) is 15.6. The molecule has 1 unspecified atom stereocenters. The lowest BCUT2D eigenvalue weighted by molar-refractivity contribution is 0.408. The molecule has 2 aliphatic rings. The van der Waals surface area contributed by atoms with Crippen LogP contribution < -0.4 is 10.6 Å². The third kappa shape index (κ3) is 2.54. The molecule has 3 atom stereocenters. The largest absolute Gasteiger partial charge is 0.345 e. The van der Waals surface area contributed by atoms with Crippen molar-refractivity contribution in [1.29, 1.82) is 0 Å². The van der Waals surface area contributed by atoms with Gasteiger partial charge in [0.25, 0.3) is 0 Å². The number of thiazole rings is 1. The zero-order valence-corrected chi connectivity index (χ0v) is 19.1. The van der Waals surface area contributed by atoms with E-state index < -0.39 is 0 Å². The number of hydrogen-bond donors (Lipinski definition) is 2. The van der Waals surface area contributed by atoms with Crippen molar-refractivity contribution in [3.63, 3.8) is 0 Å². The summed E-state index contributed by atoms with van der Waals surface area (Å²) < 4.78 is 3.15. The zero-order valence-electron chi connectivity index (χ0n) is 17.5. The Morgan fingerprint density at radius 3 is 2.78 bits per heavy atom. The summed E-state index contributed by atoms with van der Waals surface area (Å²) in [6, 6.07) is 5.26. The van der Waals surface area contributed by atoms with Gasteiger partial charge in [0.2, 0.25) is 5.95 Å². The van der Waals surface area contributed by atoms with Gasteiger partial charge < -0.3 is 15.6 Å². The molecule has 7 nitrogen and oxygen atoms in total. The third-order valence-corrected chi connectivity index (χ3v) is 8.55. The number of hydrogen-bond acceptors (Lipinski definition) is 6. The van der Waals surface area contributed by atoms with Crippen LogP contribution in [0.3, 0.4) is 0 Å². The van der Waals surface area contributed by atoms with E-state index >= 15 is 0 Å². The van der Waals surface area contributed by atoms with E-state index in [9.17, 15) is 0 Å². The molecule has 2 saturated heterocycles. The lowest BCUT2D eigenvalue weighted by Crippen LogP contribution is -2.48. The maximum atomic E-state index is 6.87. The molecule has 0 saturated carbocycles. The number of benzene rings is 1. The highest BCUT2D eigenvalue weighted by molar-refractivity contribution is 7.19. The minimum Gasteiger partial charge on any atom is -0.345 e. The molecule has 6 heterocycles. The van der Waals surface area contributed by atoms with Gasteiger partial charge in [0.15, 0.2) is 5.65 Å². The number of aryl methyl sites for hydroxylation is 1. The van der Waals surface area contributed by atoms with Crippen LogP contribution in [0.2, 0.25) is 5.02 Å².